The molecular formula is C18H22BN2O-. The van der Waals surface area contributed by atoms with E-state index in [4.69, 9.17) is 9.56 Å². The van der Waals surface area contributed by atoms with Gasteiger partial charge in [0.15, 0.2) is 0 Å². The normalized spacial score (nSPS) is 20.1. The minimum absolute atomic E-state index is 0.00270. The van der Waals surface area contributed by atoms with Gasteiger partial charge in [0.05, 0.1) is 12.1 Å². The molecule has 114 valence electrons. The molecule has 1 atom stereocenters. The third-order valence-electron chi connectivity index (χ3n) is 4.16. The molecule has 0 bridgehead atoms. The lowest BCUT2D eigenvalue weighted by molar-refractivity contribution is 0.164. The maximum atomic E-state index is 6.52. The van der Waals surface area contributed by atoms with E-state index in [0.717, 1.165) is 29.6 Å². The van der Waals surface area contributed by atoms with Crippen molar-refractivity contribution in [3.8, 4) is 0 Å². The molecule has 0 saturated heterocycles. The van der Waals surface area contributed by atoms with Gasteiger partial charge in [-0.2, -0.15) is 10.9 Å². The van der Waals surface area contributed by atoms with Crippen LogP contribution in [0.25, 0.3) is 0 Å². The third kappa shape index (κ3) is 2.79. The third-order valence-corrected chi connectivity index (χ3v) is 4.16. The van der Waals surface area contributed by atoms with Crippen LogP contribution in [0, 0.1) is 0 Å². The van der Waals surface area contributed by atoms with E-state index in [9.17, 15) is 0 Å². The van der Waals surface area contributed by atoms with Crippen molar-refractivity contribution in [3.63, 3.8) is 0 Å². The smallest absolute Gasteiger partial charge is 0.285 e. The van der Waals surface area contributed by atoms with Crippen LogP contribution in [0.4, 0.5) is 0 Å². The topological polar surface area (TPSA) is 33.6 Å². The summed E-state index contributed by atoms with van der Waals surface area (Å²) in [6, 6.07) is 20.7. The highest BCUT2D eigenvalue weighted by atomic mass is 16.5. The van der Waals surface area contributed by atoms with Crippen molar-refractivity contribution >= 4 is 23.2 Å². The Balaban J connectivity index is 2.14. The standard InChI is InChI=1S/C18H22BN2O/c1-3-10-18-20-15(2)21-19(22-18,16-11-6-4-7-12-16)17-13-8-5-9-14-17/h4-9,11-14,18H,3,10H2,1-2H3,(H,20,21)/q-1. The maximum absolute atomic E-state index is 6.52. The van der Waals surface area contributed by atoms with Gasteiger partial charge in [0.1, 0.15) is 0 Å². The predicted molar refractivity (Wildman–Crippen MR) is 93.9 cm³/mol. The number of amidine groups is 1. The molecule has 4 heteroatoms. The van der Waals surface area contributed by atoms with E-state index in [1.807, 2.05) is 43.3 Å². The van der Waals surface area contributed by atoms with Crippen LogP contribution in [-0.4, -0.2) is 18.5 Å². The molecule has 22 heavy (non-hydrogen) atoms. The molecule has 3 rings (SSSR count). The lowest BCUT2D eigenvalue weighted by atomic mass is 9.42. The zero-order valence-corrected chi connectivity index (χ0v) is 13.2. The Morgan fingerprint density at radius 1 is 1.00 bits per heavy atom. The first kappa shape index (κ1) is 14.9. The number of hydrogen-bond donors (Lipinski definition) is 1. The van der Waals surface area contributed by atoms with E-state index < -0.39 is 6.48 Å². The lowest BCUT2D eigenvalue weighted by Crippen LogP contribution is -2.66. The van der Waals surface area contributed by atoms with Gasteiger partial charge >= 0.3 is 0 Å². The molecule has 0 radical (unpaired) electrons. The Morgan fingerprint density at radius 2 is 1.55 bits per heavy atom. The molecular weight excluding hydrogens is 271 g/mol. The van der Waals surface area contributed by atoms with E-state index in [1.165, 1.54) is 0 Å². The summed E-state index contributed by atoms with van der Waals surface area (Å²) in [5.41, 5.74) is 2.24. The number of benzene rings is 2. The van der Waals surface area contributed by atoms with Gasteiger partial charge in [0, 0.05) is 0 Å². The van der Waals surface area contributed by atoms with Gasteiger partial charge in [0.25, 0.3) is 6.48 Å². The number of rotatable bonds is 4. The van der Waals surface area contributed by atoms with Gasteiger partial charge in [-0.25, -0.2) is 0 Å². The minimum atomic E-state index is -1.58. The zero-order chi connectivity index (χ0) is 15.4. The van der Waals surface area contributed by atoms with Crippen LogP contribution in [0.2, 0.25) is 0 Å². The van der Waals surface area contributed by atoms with Crippen LogP contribution in [0.1, 0.15) is 26.7 Å². The van der Waals surface area contributed by atoms with Crippen LogP contribution in [0.5, 0.6) is 0 Å². The van der Waals surface area contributed by atoms with Crippen molar-refractivity contribution in [2.24, 2.45) is 4.90 Å². The minimum Gasteiger partial charge on any atom is -0.547 e. The average Bonchev–Trinajstić information content (AvgIpc) is 2.56. The van der Waals surface area contributed by atoms with Crippen molar-refractivity contribution in [1.82, 2.24) is 5.32 Å². The monoisotopic (exact) mass is 293 g/mol. The van der Waals surface area contributed by atoms with Crippen molar-refractivity contribution in [2.75, 3.05) is 0 Å². The fraction of sp³-hybridized carbons (Fsp3) is 0.278. The Labute approximate surface area is 132 Å². The molecule has 2 aromatic rings. The second-order valence-electron chi connectivity index (χ2n) is 5.84. The highest BCUT2D eigenvalue weighted by molar-refractivity contribution is 6.97. The molecule has 2 aromatic carbocycles. The molecule has 0 amide bonds. The van der Waals surface area contributed by atoms with E-state index in [2.05, 4.69) is 36.5 Å². The summed E-state index contributed by atoms with van der Waals surface area (Å²) in [4.78, 5) is 4.93. The van der Waals surface area contributed by atoms with Crippen LogP contribution in [-0.2, 0) is 4.65 Å². The molecule has 1 unspecified atom stereocenters. The fourth-order valence-corrected chi connectivity index (χ4v) is 3.17. The Hall–Kier alpha value is -2.07. The van der Waals surface area contributed by atoms with Crippen molar-refractivity contribution in [2.45, 2.75) is 32.9 Å². The average molecular weight is 293 g/mol. The highest BCUT2D eigenvalue weighted by Gasteiger charge is 2.34. The molecule has 0 aromatic heterocycles. The molecule has 0 fully saturated rings. The second kappa shape index (κ2) is 6.36. The van der Waals surface area contributed by atoms with Crippen LogP contribution >= 0.6 is 0 Å². The van der Waals surface area contributed by atoms with Crippen LogP contribution in [0.3, 0.4) is 0 Å². The Kier molecular flexibility index (Phi) is 4.30. The lowest BCUT2D eigenvalue weighted by Gasteiger charge is -2.47. The summed E-state index contributed by atoms with van der Waals surface area (Å²) in [6.45, 7) is 2.61. The summed E-state index contributed by atoms with van der Waals surface area (Å²) < 4.78 is 6.52. The second-order valence-corrected chi connectivity index (χ2v) is 5.84. The summed E-state index contributed by atoms with van der Waals surface area (Å²) in [5, 5.41) is 3.35. The van der Waals surface area contributed by atoms with Crippen LogP contribution in [0.15, 0.2) is 65.6 Å². The molecule has 0 aliphatic carbocycles. The van der Waals surface area contributed by atoms with E-state index in [0.29, 0.717) is 0 Å². The summed E-state index contributed by atoms with van der Waals surface area (Å²) in [7, 11) is 0. The zero-order valence-electron chi connectivity index (χ0n) is 13.2. The van der Waals surface area contributed by atoms with Gasteiger partial charge in [-0.3, -0.25) is 0 Å². The molecule has 3 nitrogen and oxygen atoms in total. The summed E-state index contributed by atoms with van der Waals surface area (Å²) in [6.07, 6.45) is 2.04. The molecule has 0 spiro atoms. The molecule has 1 heterocycles. The maximum Gasteiger partial charge on any atom is 0.285 e. The largest absolute Gasteiger partial charge is 0.547 e. The number of nitrogens with one attached hydrogen (secondary N) is 1. The molecule has 1 aliphatic heterocycles. The van der Waals surface area contributed by atoms with Gasteiger partial charge in [0.2, 0.25) is 0 Å². The Morgan fingerprint density at radius 3 is 2.05 bits per heavy atom. The van der Waals surface area contributed by atoms with Crippen molar-refractivity contribution in [1.29, 1.82) is 0 Å². The summed E-state index contributed by atoms with van der Waals surface area (Å²) in [5.74, 6) is 0.942. The predicted octanol–water partition coefficient (Wildman–Crippen LogP) is 2.41. The number of hydrogen-bond acceptors (Lipinski definition) is 3. The molecule has 0 saturated carbocycles. The Bertz CT molecular complexity index is 603. The van der Waals surface area contributed by atoms with Crippen molar-refractivity contribution < 1.29 is 4.65 Å². The van der Waals surface area contributed by atoms with Gasteiger partial charge in [-0.15, -0.1) is 0 Å². The van der Waals surface area contributed by atoms with E-state index >= 15 is 0 Å². The first-order valence-corrected chi connectivity index (χ1v) is 8.01. The van der Waals surface area contributed by atoms with Crippen LogP contribution < -0.4 is 16.2 Å². The van der Waals surface area contributed by atoms with Crippen molar-refractivity contribution in [3.05, 3.63) is 60.7 Å². The molecule has 1 N–H and O–H groups in total. The fourth-order valence-electron chi connectivity index (χ4n) is 3.17. The van der Waals surface area contributed by atoms with Gasteiger partial charge in [-0.05, 0) is 13.3 Å². The first-order chi connectivity index (χ1) is 10.7. The van der Waals surface area contributed by atoms with E-state index in [-0.39, 0.29) is 6.23 Å². The first-order valence-electron chi connectivity index (χ1n) is 8.01. The van der Waals surface area contributed by atoms with Gasteiger partial charge < -0.3 is 14.9 Å². The SMILES string of the molecule is CCCC1NC(C)=N[B-](c2ccccc2)(c2ccccc2)O1. The van der Waals surface area contributed by atoms with Gasteiger partial charge in [-0.1, -0.05) is 74.0 Å². The number of nitrogens with zero attached hydrogens (tertiary/aromatic N) is 1. The molecule has 1 aliphatic rings. The summed E-state index contributed by atoms with van der Waals surface area (Å²) >= 11 is 0. The highest BCUT2D eigenvalue weighted by Crippen LogP contribution is 2.17. The van der Waals surface area contributed by atoms with E-state index in [1.54, 1.807) is 0 Å². The quantitative estimate of drug-likeness (QED) is 0.878.